The van der Waals surface area contributed by atoms with Gasteiger partial charge < -0.3 is 10.0 Å². The molecule has 124 valence electrons. The van der Waals surface area contributed by atoms with Gasteiger partial charge in [-0.1, -0.05) is 49.6 Å². The van der Waals surface area contributed by atoms with E-state index in [1.165, 1.54) is 58.0 Å². The van der Waals surface area contributed by atoms with Crippen LogP contribution in [-0.2, 0) is 5.60 Å². The van der Waals surface area contributed by atoms with Crippen molar-refractivity contribution < 1.29 is 5.11 Å². The zero-order valence-corrected chi connectivity index (χ0v) is 14.4. The third-order valence-corrected chi connectivity index (χ3v) is 5.56. The van der Waals surface area contributed by atoms with Crippen LogP contribution in [-0.4, -0.2) is 29.6 Å². The van der Waals surface area contributed by atoms with Crippen LogP contribution in [0.5, 0.6) is 0 Å². The summed E-state index contributed by atoms with van der Waals surface area (Å²) in [6, 6.07) is 10.4. The highest BCUT2D eigenvalue weighted by Gasteiger charge is 2.39. The van der Waals surface area contributed by atoms with Crippen LogP contribution in [0.4, 0.5) is 0 Å². The summed E-state index contributed by atoms with van der Waals surface area (Å²) in [5, 5.41) is 11.5. The molecule has 1 aliphatic heterocycles. The van der Waals surface area contributed by atoms with E-state index >= 15 is 0 Å². The maximum Gasteiger partial charge on any atom is 0.0936 e. The van der Waals surface area contributed by atoms with Gasteiger partial charge in [0.1, 0.15) is 0 Å². The minimum Gasteiger partial charge on any atom is -0.385 e. The molecule has 3 rings (SSSR count). The molecular weight excluding hydrogens is 294 g/mol. The van der Waals surface area contributed by atoms with E-state index in [0.717, 1.165) is 18.5 Å². The molecule has 0 spiro atoms. The Bertz CT molecular complexity index is 426. The van der Waals surface area contributed by atoms with Crippen molar-refractivity contribution in [3.8, 4) is 0 Å². The van der Waals surface area contributed by atoms with Gasteiger partial charge in [-0.3, -0.25) is 0 Å². The summed E-state index contributed by atoms with van der Waals surface area (Å²) in [7, 11) is 0. The average molecular weight is 324 g/mol. The standard InChI is InChI=1S/C19H29NO.ClH/c21-19(18-11-5-6-12-18,17-9-3-1-4-10-17)13-16-20-14-7-2-8-15-20;/h1,3-4,9-10,18,21H,2,5-8,11-16H2;1H/t19-;/m0./s1. The molecular formula is C19H30ClNO. The van der Waals surface area contributed by atoms with Crippen LogP contribution >= 0.6 is 12.4 Å². The van der Waals surface area contributed by atoms with E-state index in [1.54, 1.807) is 0 Å². The minimum atomic E-state index is -0.616. The first-order valence-corrected chi connectivity index (χ1v) is 8.79. The van der Waals surface area contributed by atoms with Crippen LogP contribution in [0.15, 0.2) is 30.3 Å². The number of piperidine rings is 1. The number of rotatable bonds is 5. The number of hydrogen-bond acceptors (Lipinski definition) is 2. The smallest absolute Gasteiger partial charge is 0.0936 e. The first-order chi connectivity index (χ1) is 10.3. The molecule has 1 atom stereocenters. The number of likely N-dealkylation sites (tertiary alicyclic amines) is 1. The monoisotopic (exact) mass is 323 g/mol. The normalized spacial score (nSPS) is 23.0. The molecule has 1 aromatic rings. The van der Waals surface area contributed by atoms with Crippen molar-refractivity contribution in [1.82, 2.24) is 4.90 Å². The van der Waals surface area contributed by atoms with Crippen LogP contribution in [0.3, 0.4) is 0 Å². The van der Waals surface area contributed by atoms with Gasteiger partial charge in [0.25, 0.3) is 0 Å². The molecule has 0 radical (unpaired) electrons. The van der Waals surface area contributed by atoms with Gasteiger partial charge in [-0.2, -0.15) is 0 Å². The Kier molecular flexibility index (Phi) is 6.73. The molecule has 0 aromatic heterocycles. The van der Waals surface area contributed by atoms with E-state index in [9.17, 15) is 5.11 Å². The zero-order valence-electron chi connectivity index (χ0n) is 13.5. The second-order valence-electron chi connectivity index (χ2n) is 6.92. The third kappa shape index (κ3) is 4.04. The van der Waals surface area contributed by atoms with Crippen molar-refractivity contribution in [2.45, 2.75) is 57.0 Å². The molecule has 22 heavy (non-hydrogen) atoms. The quantitative estimate of drug-likeness (QED) is 0.870. The second-order valence-corrected chi connectivity index (χ2v) is 6.92. The lowest BCUT2D eigenvalue weighted by Gasteiger charge is -2.37. The Hall–Kier alpha value is -0.570. The summed E-state index contributed by atoms with van der Waals surface area (Å²) < 4.78 is 0. The largest absolute Gasteiger partial charge is 0.385 e. The summed E-state index contributed by atoms with van der Waals surface area (Å²) in [6.07, 6.45) is 9.86. The number of nitrogens with zero attached hydrogens (tertiary/aromatic N) is 1. The van der Waals surface area contributed by atoms with Gasteiger partial charge in [0.2, 0.25) is 0 Å². The van der Waals surface area contributed by atoms with Gasteiger partial charge in [-0.15, -0.1) is 12.4 Å². The van der Waals surface area contributed by atoms with E-state index in [-0.39, 0.29) is 12.4 Å². The molecule has 1 saturated heterocycles. The van der Waals surface area contributed by atoms with E-state index in [4.69, 9.17) is 0 Å². The SMILES string of the molecule is Cl.O[C@@](CCN1CCCCC1)(c1ccccc1)C1CCCC1. The minimum absolute atomic E-state index is 0. The molecule has 1 saturated carbocycles. The molecule has 1 heterocycles. The van der Waals surface area contributed by atoms with Gasteiger partial charge in [0, 0.05) is 6.54 Å². The molecule has 2 nitrogen and oxygen atoms in total. The van der Waals surface area contributed by atoms with E-state index in [1.807, 2.05) is 6.07 Å². The van der Waals surface area contributed by atoms with Crippen molar-refractivity contribution in [1.29, 1.82) is 0 Å². The molecule has 1 N–H and O–H groups in total. The summed E-state index contributed by atoms with van der Waals surface area (Å²) in [5.41, 5.74) is 0.517. The van der Waals surface area contributed by atoms with Gasteiger partial charge in [-0.05, 0) is 56.7 Å². The second kappa shape index (κ2) is 8.33. The Morgan fingerprint density at radius 1 is 0.955 bits per heavy atom. The first kappa shape index (κ1) is 17.8. The molecule has 0 unspecified atom stereocenters. The van der Waals surface area contributed by atoms with Crippen molar-refractivity contribution >= 4 is 12.4 Å². The highest BCUT2D eigenvalue weighted by Crippen LogP contribution is 2.42. The van der Waals surface area contributed by atoms with Crippen LogP contribution in [0, 0.1) is 5.92 Å². The molecule has 2 fully saturated rings. The van der Waals surface area contributed by atoms with Crippen LogP contribution in [0.2, 0.25) is 0 Å². The van der Waals surface area contributed by atoms with Crippen LogP contribution in [0.25, 0.3) is 0 Å². The lowest BCUT2D eigenvalue weighted by molar-refractivity contribution is -0.0378. The summed E-state index contributed by atoms with van der Waals surface area (Å²) in [4.78, 5) is 2.55. The number of hydrogen-bond donors (Lipinski definition) is 1. The highest BCUT2D eigenvalue weighted by atomic mass is 35.5. The van der Waals surface area contributed by atoms with Gasteiger partial charge in [0.15, 0.2) is 0 Å². The van der Waals surface area contributed by atoms with Crippen LogP contribution < -0.4 is 0 Å². The topological polar surface area (TPSA) is 23.5 Å². The number of aliphatic hydroxyl groups is 1. The zero-order chi connectivity index (χ0) is 14.5. The molecule has 0 bridgehead atoms. The molecule has 1 aliphatic carbocycles. The molecule has 1 aromatic carbocycles. The first-order valence-electron chi connectivity index (χ1n) is 8.79. The van der Waals surface area contributed by atoms with Crippen molar-refractivity contribution in [2.24, 2.45) is 5.92 Å². The van der Waals surface area contributed by atoms with Gasteiger partial charge in [0.05, 0.1) is 5.60 Å². The van der Waals surface area contributed by atoms with E-state index in [0.29, 0.717) is 5.92 Å². The highest BCUT2D eigenvalue weighted by molar-refractivity contribution is 5.85. The maximum atomic E-state index is 11.5. The van der Waals surface area contributed by atoms with E-state index in [2.05, 4.69) is 29.2 Å². The van der Waals surface area contributed by atoms with Crippen molar-refractivity contribution in [2.75, 3.05) is 19.6 Å². The Labute approximate surface area is 141 Å². The van der Waals surface area contributed by atoms with Crippen LogP contribution in [0.1, 0.15) is 56.9 Å². The lowest BCUT2D eigenvalue weighted by atomic mass is 9.77. The number of benzene rings is 1. The lowest BCUT2D eigenvalue weighted by Crippen LogP contribution is -2.39. The fourth-order valence-electron chi connectivity index (χ4n) is 4.23. The summed E-state index contributed by atoms with van der Waals surface area (Å²) in [6.45, 7) is 3.48. The average Bonchev–Trinajstić information content (AvgIpc) is 3.09. The predicted octanol–water partition coefficient (Wildman–Crippen LogP) is 4.36. The fraction of sp³-hybridized carbons (Fsp3) is 0.684. The van der Waals surface area contributed by atoms with Crippen molar-refractivity contribution in [3.63, 3.8) is 0 Å². The summed E-state index contributed by atoms with van der Waals surface area (Å²) in [5.74, 6) is 0.449. The fourth-order valence-corrected chi connectivity index (χ4v) is 4.23. The number of halogens is 1. The van der Waals surface area contributed by atoms with Crippen molar-refractivity contribution in [3.05, 3.63) is 35.9 Å². The van der Waals surface area contributed by atoms with E-state index < -0.39 is 5.60 Å². The summed E-state index contributed by atoms with van der Waals surface area (Å²) >= 11 is 0. The Morgan fingerprint density at radius 3 is 2.23 bits per heavy atom. The third-order valence-electron chi connectivity index (χ3n) is 5.56. The maximum absolute atomic E-state index is 11.5. The Morgan fingerprint density at radius 2 is 1.59 bits per heavy atom. The molecule has 3 heteroatoms. The Balaban J connectivity index is 0.00000176. The van der Waals surface area contributed by atoms with Gasteiger partial charge >= 0.3 is 0 Å². The molecule has 2 aliphatic rings. The predicted molar refractivity (Wildman–Crippen MR) is 94.5 cm³/mol. The molecule has 0 amide bonds. The van der Waals surface area contributed by atoms with Gasteiger partial charge in [-0.25, -0.2) is 0 Å².